The van der Waals surface area contributed by atoms with Gasteiger partial charge in [-0.05, 0) is 37.3 Å². The molecule has 1 aromatic carbocycles. The summed E-state index contributed by atoms with van der Waals surface area (Å²) in [4.78, 5) is 2.60. The summed E-state index contributed by atoms with van der Waals surface area (Å²) in [6.07, 6.45) is 4.10. The predicted octanol–water partition coefficient (Wildman–Crippen LogP) is 3.68. The van der Waals surface area contributed by atoms with Crippen LogP contribution in [-0.4, -0.2) is 23.3 Å². The van der Waals surface area contributed by atoms with Gasteiger partial charge in [0.2, 0.25) is 0 Å². The number of halogens is 1. The van der Waals surface area contributed by atoms with Crippen LogP contribution >= 0.6 is 15.9 Å². The molecular formula is C14H20BrN. The molecule has 1 aromatic rings. The first-order valence-electron chi connectivity index (χ1n) is 6.20. The Balaban J connectivity index is 1.85. The van der Waals surface area contributed by atoms with E-state index in [1.807, 2.05) is 0 Å². The molecule has 88 valence electrons. The second-order valence-electron chi connectivity index (χ2n) is 4.71. The minimum absolute atomic E-state index is 0.900. The van der Waals surface area contributed by atoms with Crippen LogP contribution in [-0.2, 0) is 6.54 Å². The monoisotopic (exact) mass is 281 g/mol. The van der Waals surface area contributed by atoms with Crippen LogP contribution in [0.15, 0.2) is 30.3 Å². The van der Waals surface area contributed by atoms with Gasteiger partial charge in [-0.25, -0.2) is 0 Å². The highest BCUT2D eigenvalue weighted by molar-refractivity contribution is 9.09. The molecule has 1 fully saturated rings. The van der Waals surface area contributed by atoms with Gasteiger partial charge in [0.05, 0.1) is 0 Å². The fraction of sp³-hybridized carbons (Fsp3) is 0.571. The summed E-state index contributed by atoms with van der Waals surface area (Å²) in [7, 11) is 0. The first kappa shape index (κ1) is 12.1. The minimum Gasteiger partial charge on any atom is -0.299 e. The van der Waals surface area contributed by atoms with E-state index >= 15 is 0 Å². The molecule has 0 saturated carbocycles. The van der Waals surface area contributed by atoms with Crippen molar-refractivity contribution in [1.29, 1.82) is 0 Å². The van der Waals surface area contributed by atoms with Crippen molar-refractivity contribution in [3.05, 3.63) is 35.9 Å². The molecule has 2 rings (SSSR count). The van der Waals surface area contributed by atoms with Crippen molar-refractivity contribution in [2.24, 2.45) is 5.92 Å². The average molecular weight is 282 g/mol. The zero-order chi connectivity index (χ0) is 11.2. The van der Waals surface area contributed by atoms with Gasteiger partial charge in [0.15, 0.2) is 0 Å². The number of piperidine rings is 1. The standard InChI is InChI=1S/C14H20BrN/c15-9-8-14-7-4-10-16(12-14)11-13-5-2-1-3-6-13/h1-3,5-6,14H,4,7-12H2/t14-/m1/s1. The van der Waals surface area contributed by atoms with Crippen LogP contribution in [0.2, 0.25) is 0 Å². The number of hydrogen-bond donors (Lipinski definition) is 0. The van der Waals surface area contributed by atoms with Crippen LogP contribution < -0.4 is 0 Å². The largest absolute Gasteiger partial charge is 0.299 e. The van der Waals surface area contributed by atoms with Gasteiger partial charge < -0.3 is 0 Å². The zero-order valence-electron chi connectivity index (χ0n) is 9.74. The molecule has 0 aliphatic carbocycles. The van der Waals surface area contributed by atoms with Crippen LogP contribution in [0.3, 0.4) is 0 Å². The van der Waals surface area contributed by atoms with Crippen molar-refractivity contribution in [2.45, 2.75) is 25.8 Å². The van der Waals surface area contributed by atoms with Crippen molar-refractivity contribution in [3.63, 3.8) is 0 Å². The smallest absolute Gasteiger partial charge is 0.0233 e. The van der Waals surface area contributed by atoms with E-state index in [-0.39, 0.29) is 0 Å². The molecule has 1 aliphatic rings. The van der Waals surface area contributed by atoms with Gasteiger partial charge in [-0.3, -0.25) is 4.90 Å². The quantitative estimate of drug-likeness (QED) is 0.761. The van der Waals surface area contributed by atoms with Crippen molar-refractivity contribution < 1.29 is 0 Å². The minimum atomic E-state index is 0.900. The SMILES string of the molecule is BrCC[C@H]1CCCN(Cc2ccccc2)C1. The summed E-state index contributed by atoms with van der Waals surface area (Å²) in [5, 5.41) is 1.15. The Morgan fingerprint density at radius 2 is 2.06 bits per heavy atom. The second-order valence-corrected chi connectivity index (χ2v) is 5.50. The third kappa shape index (κ3) is 3.60. The van der Waals surface area contributed by atoms with Crippen LogP contribution in [0.5, 0.6) is 0 Å². The van der Waals surface area contributed by atoms with Crippen LogP contribution in [0, 0.1) is 5.92 Å². The highest BCUT2D eigenvalue weighted by Gasteiger charge is 2.18. The van der Waals surface area contributed by atoms with E-state index in [4.69, 9.17) is 0 Å². The predicted molar refractivity (Wildman–Crippen MR) is 72.9 cm³/mol. The van der Waals surface area contributed by atoms with E-state index in [0.29, 0.717) is 0 Å². The maximum Gasteiger partial charge on any atom is 0.0233 e. The third-order valence-electron chi connectivity index (χ3n) is 3.37. The van der Waals surface area contributed by atoms with Gasteiger partial charge in [-0.15, -0.1) is 0 Å². The van der Waals surface area contributed by atoms with Crippen LogP contribution in [0.25, 0.3) is 0 Å². The number of likely N-dealkylation sites (tertiary alicyclic amines) is 1. The summed E-state index contributed by atoms with van der Waals surface area (Å²) in [6.45, 7) is 3.67. The van der Waals surface area contributed by atoms with E-state index in [1.165, 1.54) is 37.9 Å². The Hall–Kier alpha value is -0.340. The lowest BCUT2D eigenvalue weighted by atomic mass is 9.95. The van der Waals surface area contributed by atoms with Crippen molar-refractivity contribution in [1.82, 2.24) is 4.90 Å². The highest BCUT2D eigenvalue weighted by atomic mass is 79.9. The summed E-state index contributed by atoms with van der Waals surface area (Å²) >= 11 is 3.55. The molecule has 1 aliphatic heterocycles. The molecule has 1 saturated heterocycles. The first-order valence-corrected chi connectivity index (χ1v) is 7.33. The number of benzene rings is 1. The fourth-order valence-corrected chi connectivity index (χ4v) is 3.17. The highest BCUT2D eigenvalue weighted by Crippen LogP contribution is 2.21. The van der Waals surface area contributed by atoms with Crippen molar-refractivity contribution >= 4 is 15.9 Å². The van der Waals surface area contributed by atoms with Gasteiger partial charge in [0.1, 0.15) is 0 Å². The third-order valence-corrected chi connectivity index (χ3v) is 3.83. The molecule has 0 bridgehead atoms. The lowest BCUT2D eigenvalue weighted by Gasteiger charge is -2.32. The lowest BCUT2D eigenvalue weighted by molar-refractivity contribution is 0.165. The Morgan fingerprint density at radius 1 is 1.25 bits per heavy atom. The Labute approximate surface area is 107 Å². The second kappa shape index (κ2) is 6.41. The van der Waals surface area contributed by atoms with E-state index in [9.17, 15) is 0 Å². The Kier molecular flexibility index (Phi) is 4.86. The summed E-state index contributed by atoms with van der Waals surface area (Å²) < 4.78 is 0. The van der Waals surface area contributed by atoms with E-state index in [1.54, 1.807) is 0 Å². The number of hydrogen-bond acceptors (Lipinski definition) is 1. The molecule has 16 heavy (non-hydrogen) atoms. The maximum atomic E-state index is 3.55. The van der Waals surface area contributed by atoms with E-state index < -0.39 is 0 Å². The zero-order valence-corrected chi connectivity index (χ0v) is 11.3. The average Bonchev–Trinajstić information content (AvgIpc) is 2.31. The molecule has 1 heterocycles. The molecular weight excluding hydrogens is 262 g/mol. The van der Waals surface area contributed by atoms with Crippen molar-refractivity contribution in [3.8, 4) is 0 Å². The van der Waals surface area contributed by atoms with E-state index in [0.717, 1.165) is 17.8 Å². The lowest BCUT2D eigenvalue weighted by Crippen LogP contribution is -2.35. The molecule has 1 nitrogen and oxygen atoms in total. The number of alkyl halides is 1. The normalized spacial score (nSPS) is 22.2. The Morgan fingerprint density at radius 3 is 2.81 bits per heavy atom. The summed E-state index contributed by atoms with van der Waals surface area (Å²) in [6, 6.07) is 10.8. The molecule has 1 atom stereocenters. The topological polar surface area (TPSA) is 3.24 Å². The molecule has 0 amide bonds. The first-order chi connectivity index (χ1) is 7.88. The maximum absolute atomic E-state index is 3.55. The molecule has 0 spiro atoms. The molecule has 0 aromatic heterocycles. The van der Waals surface area contributed by atoms with Crippen molar-refractivity contribution in [2.75, 3.05) is 18.4 Å². The fourth-order valence-electron chi connectivity index (χ4n) is 2.53. The molecule has 0 N–H and O–H groups in total. The molecule has 0 radical (unpaired) electrons. The van der Waals surface area contributed by atoms with Gasteiger partial charge in [0.25, 0.3) is 0 Å². The summed E-state index contributed by atoms with van der Waals surface area (Å²) in [5.74, 6) is 0.900. The van der Waals surface area contributed by atoms with E-state index in [2.05, 4.69) is 51.2 Å². The number of rotatable bonds is 4. The van der Waals surface area contributed by atoms with Crippen LogP contribution in [0.1, 0.15) is 24.8 Å². The summed E-state index contributed by atoms with van der Waals surface area (Å²) in [5.41, 5.74) is 1.45. The molecule has 0 unspecified atom stereocenters. The van der Waals surface area contributed by atoms with Gasteiger partial charge in [0, 0.05) is 18.4 Å². The number of nitrogens with zero attached hydrogens (tertiary/aromatic N) is 1. The molecule has 2 heteroatoms. The van der Waals surface area contributed by atoms with Crippen LogP contribution in [0.4, 0.5) is 0 Å². The van der Waals surface area contributed by atoms with Gasteiger partial charge in [-0.2, -0.15) is 0 Å². The van der Waals surface area contributed by atoms with Gasteiger partial charge in [-0.1, -0.05) is 46.3 Å². The Bertz CT molecular complexity index is 297. The van der Waals surface area contributed by atoms with Gasteiger partial charge >= 0.3 is 0 Å².